The van der Waals surface area contributed by atoms with Crippen molar-refractivity contribution < 1.29 is 13.9 Å². The van der Waals surface area contributed by atoms with E-state index in [1.165, 1.54) is 4.40 Å². The first-order chi connectivity index (χ1) is 11.6. The highest BCUT2D eigenvalue weighted by Crippen LogP contribution is 2.24. The van der Waals surface area contributed by atoms with Crippen molar-refractivity contribution in [2.45, 2.75) is 13.5 Å². The quantitative estimate of drug-likeness (QED) is 0.691. The molecular formula is C18H16FN3O2. The lowest BCUT2D eigenvalue weighted by Gasteiger charge is -2.18. The molecule has 0 aliphatic carbocycles. The number of halogens is 1. The maximum atomic E-state index is 14.6. The highest BCUT2D eigenvalue weighted by Gasteiger charge is 2.26. The second kappa shape index (κ2) is 5.63. The second-order valence-corrected chi connectivity index (χ2v) is 5.87. The van der Waals surface area contributed by atoms with Crippen molar-refractivity contribution in [3.8, 4) is 5.75 Å². The molecule has 3 heterocycles. The normalized spacial score (nSPS) is 14.2. The molecule has 5 nitrogen and oxygen atoms in total. The summed E-state index contributed by atoms with van der Waals surface area (Å²) in [6.07, 6.45) is 1.63. The van der Waals surface area contributed by atoms with Crippen LogP contribution in [0.1, 0.15) is 21.6 Å². The predicted molar refractivity (Wildman–Crippen MR) is 86.6 cm³/mol. The number of hydrogen-bond donors (Lipinski definition) is 0. The number of pyridine rings is 1. The van der Waals surface area contributed by atoms with Crippen LogP contribution in [0.15, 0.2) is 42.6 Å². The van der Waals surface area contributed by atoms with E-state index in [0.29, 0.717) is 25.3 Å². The molecule has 1 aliphatic heterocycles. The lowest BCUT2D eigenvalue weighted by molar-refractivity contribution is 0.0722. The molecule has 0 saturated heterocycles. The molecule has 0 bridgehead atoms. The number of hydrogen-bond acceptors (Lipinski definition) is 3. The maximum absolute atomic E-state index is 14.6. The highest BCUT2D eigenvalue weighted by molar-refractivity contribution is 5.93. The van der Waals surface area contributed by atoms with Crippen molar-refractivity contribution in [2.75, 3.05) is 13.2 Å². The molecule has 122 valence electrons. The van der Waals surface area contributed by atoms with Crippen LogP contribution in [-0.2, 0) is 6.54 Å². The molecule has 0 spiro atoms. The van der Waals surface area contributed by atoms with Gasteiger partial charge in [0.05, 0.1) is 6.54 Å². The summed E-state index contributed by atoms with van der Waals surface area (Å²) >= 11 is 0. The van der Waals surface area contributed by atoms with Gasteiger partial charge in [0, 0.05) is 18.3 Å². The largest absolute Gasteiger partial charge is 0.491 e. The van der Waals surface area contributed by atoms with Gasteiger partial charge in [-0.05, 0) is 24.6 Å². The number of fused-ring (bicyclic) bond motifs is 2. The Morgan fingerprint density at radius 2 is 2.08 bits per heavy atom. The minimum atomic E-state index is -0.628. The van der Waals surface area contributed by atoms with Gasteiger partial charge < -0.3 is 9.64 Å². The Kier molecular flexibility index (Phi) is 3.45. The van der Waals surface area contributed by atoms with E-state index in [0.717, 1.165) is 16.9 Å². The molecule has 4 rings (SSSR count). The van der Waals surface area contributed by atoms with Crippen LogP contribution < -0.4 is 4.74 Å². The third-order valence-electron chi connectivity index (χ3n) is 4.15. The smallest absolute Gasteiger partial charge is 0.277 e. The lowest BCUT2D eigenvalue weighted by atomic mass is 10.2. The van der Waals surface area contributed by atoms with Crippen molar-refractivity contribution in [1.82, 2.24) is 14.3 Å². The van der Waals surface area contributed by atoms with Crippen LogP contribution in [-0.4, -0.2) is 33.3 Å². The molecule has 2 aromatic heterocycles. The Labute approximate surface area is 138 Å². The summed E-state index contributed by atoms with van der Waals surface area (Å²) in [7, 11) is 0. The zero-order valence-electron chi connectivity index (χ0n) is 13.2. The van der Waals surface area contributed by atoms with Crippen LogP contribution >= 0.6 is 0 Å². The van der Waals surface area contributed by atoms with Gasteiger partial charge in [-0.15, -0.1) is 0 Å². The third-order valence-corrected chi connectivity index (χ3v) is 4.15. The van der Waals surface area contributed by atoms with Crippen LogP contribution in [0, 0.1) is 12.9 Å². The van der Waals surface area contributed by atoms with Gasteiger partial charge in [-0.25, -0.2) is 4.98 Å². The summed E-state index contributed by atoms with van der Waals surface area (Å²) in [5.41, 5.74) is 2.08. The van der Waals surface area contributed by atoms with Gasteiger partial charge in [-0.3, -0.25) is 9.20 Å². The van der Waals surface area contributed by atoms with E-state index in [1.54, 1.807) is 17.2 Å². The number of amides is 1. The second-order valence-electron chi connectivity index (χ2n) is 5.87. The first kappa shape index (κ1) is 14.7. The number of carbonyl (C=O) groups excluding carboxylic acids is 1. The number of benzene rings is 1. The maximum Gasteiger partial charge on any atom is 0.277 e. The van der Waals surface area contributed by atoms with Crippen molar-refractivity contribution in [1.29, 1.82) is 0 Å². The molecule has 0 N–H and O–H groups in total. The van der Waals surface area contributed by atoms with E-state index >= 15 is 0 Å². The van der Waals surface area contributed by atoms with E-state index in [1.807, 2.05) is 37.3 Å². The molecule has 24 heavy (non-hydrogen) atoms. The average molecular weight is 325 g/mol. The van der Waals surface area contributed by atoms with Gasteiger partial charge in [0.15, 0.2) is 5.69 Å². The van der Waals surface area contributed by atoms with Crippen LogP contribution in [0.5, 0.6) is 5.75 Å². The third kappa shape index (κ3) is 2.40. The number of imidazole rings is 1. The van der Waals surface area contributed by atoms with E-state index in [-0.39, 0.29) is 5.69 Å². The van der Waals surface area contributed by atoms with Crippen molar-refractivity contribution in [2.24, 2.45) is 0 Å². The molecule has 1 aromatic carbocycles. The highest BCUT2D eigenvalue weighted by atomic mass is 19.1. The standard InChI is InChI=1S/C18H16FN3O2/c1-12-6-7-15-20-16(17(19)22(15)10-12)18(23)21-8-9-24-14-5-3-2-4-13(14)11-21/h2-7,10H,8-9,11H2,1H3. The lowest BCUT2D eigenvalue weighted by Crippen LogP contribution is -2.33. The van der Waals surface area contributed by atoms with Crippen molar-refractivity contribution in [3.05, 3.63) is 65.4 Å². The molecule has 0 atom stereocenters. The summed E-state index contributed by atoms with van der Waals surface area (Å²) in [6, 6.07) is 11.1. The van der Waals surface area contributed by atoms with Crippen LogP contribution in [0.3, 0.4) is 0 Å². The SMILES string of the molecule is Cc1ccc2nc(C(=O)N3CCOc4ccccc4C3)c(F)n2c1. The number of aromatic nitrogens is 2. The predicted octanol–water partition coefficient (Wildman–Crippen LogP) is 2.82. The Hall–Kier alpha value is -2.89. The van der Waals surface area contributed by atoms with E-state index in [2.05, 4.69) is 4.98 Å². The summed E-state index contributed by atoms with van der Waals surface area (Å²) in [5, 5.41) is 0. The summed E-state index contributed by atoms with van der Waals surface area (Å²) < 4.78 is 21.6. The average Bonchev–Trinajstić information content (AvgIpc) is 2.78. The van der Waals surface area contributed by atoms with Crippen molar-refractivity contribution in [3.63, 3.8) is 0 Å². The monoisotopic (exact) mass is 325 g/mol. The summed E-state index contributed by atoms with van der Waals surface area (Å²) in [4.78, 5) is 18.5. The first-order valence-electron chi connectivity index (χ1n) is 7.77. The fraction of sp³-hybridized carbons (Fsp3) is 0.222. The van der Waals surface area contributed by atoms with Crippen LogP contribution in [0.4, 0.5) is 4.39 Å². The van der Waals surface area contributed by atoms with E-state index in [4.69, 9.17) is 4.74 Å². The fourth-order valence-electron chi connectivity index (χ4n) is 2.91. The molecular weight excluding hydrogens is 309 g/mol. The zero-order valence-corrected chi connectivity index (χ0v) is 13.2. The molecule has 1 amide bonds. The number of ether oxygens (including phenoxy) is 1. The Bertz CT molecular complexity index is 935. The van der Waals surface area contributed by atoms with Gasteiger partial charge in [-0.1, -0.05) is 24.3 Å². The summed E-state index contributed by atoms with van der Waals surface area (Å²) in [6.45, 7) is 3.00. The van der Waals surface area contributed by atoms with Crippen LogP contribution in [0.25, 0.3) is 5.65 Å². The Morgan fingerprint density at radius 1 is 1.25 bits per heavy atom. The number of carbonyl (C=O) groups is 1. The number of aryl methyl sites for hydroxylation is 1. The molecule has 0 unspecified atom stereocenters. The van der Waals surface area contributed by atoms with Gasteiger partial charge in [-0.2, -0.15) is 4.39 Å². The van der Waals surface area contributed by atoms with Gasteiger partial charge >= 0.3 is 0 Å². The van der Waals surface area contributed by atoms with E-state index < -0.39 is 11.9 Å². The molecule has 0 fully saturated rings. The van der Waals surface area contributed by atoms with Crippen molar-refractivity contribution >= 4 is 11.6 Å². The van der Waals surface area contributed by atoms with Crippen LogP contribution in [0.2, 0.25) is 0 Å². The molecule has 6 heteroatoms. The summed E-state index contributed by atoms with van der Waals surface area (Å²) in [5.74, 6) is -0.287. The topological polar surface area (TPSA) is 46.8 Å². The number of para-hydroxylation sites is 1. The molecule has 3 aromatic rings. The minimum absolute atomic E-state index is 0.153. The van der Waals surface area contributed by atoms with Gasteiger partial charge in [0.1, 0.15) is 18.0 Å². The van der Waals surface area contributed by atoms with Gasteiger partial charge in [0.2, 0.25) is 5.95 Å². The minimum Gasteiger partial charge on any atom is -0.491 e. The van der Waals surface area contributed by atoms with Gasteiger partial charge in [0.25, 0.3) is 5.91 Å². The van der Waals surface area contributed by atoms with E-state index in [9.17, 15) is 9.18 Å². The number of nitrogens with zero attached hydrogens (tertiary/aromatic N) is 3. The Morgan fingerprint density at radius 3 is 2.96 bits per heavy atom. The molecule has 0 radical (unpaired) electrons. The Balaban J connectivity index is 1.70. The zero-order chi connectivity index (χ0) is 16.7. The fourth-order valence-corrected chi connectivity index (χ4v) is 2.91. The molecule has 1 aliphatic rings. The first-order valence-corrected chi connectivity index (χ1v) is 7.77. The molecule has 0 saturated carbocycles. The number of rotatable bonds is 1.